The average Bonchev–Trinajstić information content (AvgIpc) is 2.72. The molecule has 0 atom stereocenters. The topological polar surface area (TPSA) is 84.4 Å². The van der Waals surface area contributed by atoms with Crippen LogP contribution in [0.5, 0.6) is 0 Å². The van der Waals surface area contributed by atoms with Gasteiger partial charge < -0.3 is 4.52 Å². The Labute approximate surface area is 94.7 Å². The van der Waals surface area contributed by atoms with Crippen LogP contribution in [0.3, 0.4) is 0 Å². The van der Waals surface area contributed by atoms with E-state index in [9.17, 15) is 4.79 Å². The maximum atomic E-state index is 11.1. The van der Waals surface area contributed by atoms with E-state index < -0.39 is 5.91 Å². The minimum absolute atomic E-state index is 0.206. The molecule has 90 valence electrons. The van der Waals surface area contributed by atoms with Crippen molar-refractivity contribution in [3.8, 4) is 0 Å². The molecule has 16 heavy (non-hydrogen) atoms. The van der Waals surface area contributed by atoms with Crippen LogP contribution in [0.15, 0.2) is 10.6 Å². The molecule has 0 unspecified atom stereocenters. The molecule has 6 nitrogen and oxygen atoms in total. The number of amides is 1. The highest BCUT2D eigenvalue weighted by atomic mass is 16.5. The summed E-state index contributed by atoms with van der Waals surface area (Å²) >= 11 is 0. The van der Waals surface area contributed by atoms with E-state index in [1.807, 2.05) is 5.43 Å². The van der Waals surface area contributed by atoms with Crippen LogP contribution in [0, 0.1) is 0 Å². The maximum absolute atomic E-state index is 11.1. The van der Waals surface area contributed by atoms with Crippen molar-refractivity contribution in [2.24, 2.45) is 5.84 Å². The maximum Gasteiger partial charge on any atom is 0.287 e. The lowest BCUT2D eigenvalue weighted by molar-refractivity contribution is 0.0944. The molecular weight excluding hydrogens is 208 g/mol. The number of hydrogen-bond donors (Lipinski definition) is 2. The van der Waals surface area contributed by atoms with E-state index in [1.54, 1.807) is 6.07 Å². The van der Waals surface area contributed by atoms with Gasteiger partial charge in [-0.1, -0.05) is 12.1 Å². The Morgan fingerprint density at radius 3 is 2.88 bits per heavy atom. The Kier molecular flexibility index (Phi) is 4.45. The van der Waals surface area contributed by atoms with Gasteiger partial charge in [0.1, 0.15) is 0 Å². The van der Waals surface area contributed by atoms with Gasteiger partial charge in [0.2, 0.25) is 0 Å². The van der Waals surface area contributed by atoms with Crippen molar-refractivity contribution in [2.75, 3.05) is 6.54 Å². The van der Waals surface area contributed by atoms with Gasteiger partial charge in [-0.3, -0.25) is 15.1 Å². The molecular formula is C10H18N4O2. The van der Waals surface area contributed by atoms with Gasteiger partial charge in [0.15, 0.2) is 11.5 Å². The van der Waals surface area contributed by atoms with Crippen LogP contribution in [-0.2, 0) is 6.54 Å². The van der Waals surface area contributed by atoms with E-state index in [0.29, 0.717) is 18.3 Å². The van der Waals surface area contributed by atoms with E-state index in [2.05, 4.69) is 30.8 Å². The van der Waals surface area contributed by atoms with Gasteiger partial charge in [-0.05, 0) is 20.4 Å². The SMILES string of the molecule is CCN(Cc1cc(C(=O)NN)no1)C(C)C. The number of nitrogens with two attached hydrogens (primary N) is 1. The minimum Gasteiger partial charge on any atom is -0.359 e. The molecule has 1 rings (SSSR count). The Morgan fingerprint density at radius 2 is 2.38 bits per heavy atom. The minimum atomic E-state index is -0.442. The fourth-order valence-corrected chi connectivity index (χ4v) is 1.43. The predicted octanol–water partition coefficient (Wildman–Crippen LogP) is 0.508. The highest BCUT2D eigenvalue weighted by Gasteiger charge is 2.14. The molecule has 0 spiro atoms. The molecule has 0 aliphatic rings. The molecule has 0 fully saturated rings. The molecule has 0 bridgehead atoms. The van der Waals surface area contributed by atoms with Crippen LogP contribution in [0.25, 0.3) is 0 Å². The summed E-state index contributed by atoms with van der Waals surface area (Å²) in [4.78, 5) is 13.3. The van der Waals surface area contributed by atoms with E-state index in [1.165, 1.54) is 0 Å². The van der Waals surface area contributed by atoms with Gasteiger partial charge in [0.25, 0.3) is 5.91 Å². The molecule has 1 aromatic heterocycles. The molecule has 0 aliphatic carbocycles. The lowest BCUT2D eigenvalue weighted by Gasteiger charge is -2.22. The van der Waals surface area contributed by atoms with Gasteiger partial charge >= 0.3 is 0 Å². The third-order valence-corrected chi connectivity index (χ3v) is 2.42. The fraction of sp³-hybridized carbons (Fsp3) is 0.600. The smallest absolute Gasteiger partial charge is 0.287 e. The van der Waals surface area contributed by atoms with Crippen molar-refractivity contribution in [3.63, 3.8) is 0 Å². The molecule has 0 radical (unpaired) electrons. The average molecular weight is 226 g/mol. The Balaban J connectivity index is 2.67. The monoisotopic (exact) mass is 226 g/mol. The number of nitrogens with one attached hydrogen (secondary N) is 1. The van der Waals surface area contributed by atoms with Gasteiger partial charge in [0.05, 0.1) is 6.54 Å². The second-order valence-electron chi connectivity index (χ2n) is 3.81. The number of carbonyl (C=O) groups is 1. The second-order valence-corrected chi connectivity index (χ2v) is 3.81. The molecule has 1 heterocycles. The summed E-state index contributed by atoms with van der Waals surface area (Å²) in [5, 5.41) is 3.64. The summed E-state index contributed by atoms with van der Waals surface area (Å²) in [5.41, 5.74) is 2.22. The van der Waals surface area contributed by atoms with Crippen molar-refractivity contribution in [1.29, 1.82) is 0 Å². The van der Waals surface area contributed by atoms with Gasteiger partial charge in [0, 0.05) is 12.1 Å². The van der Waals surface area contributed by atoms with Crippen LogP contribution in [-0.4, -0.2) is 28.6 Å². The quantitative estimate of drug-likeness (QED) is 0.434. The Bertz CT molecular complexity index is 348. The third-order valence-electron chi connectivity index (χ3n) is 2.42. The van der Waals surface area contributed by atoms with Crippen molar-refractivity contribution < 1.29 is 9.32 Å². The molecule has 0 saturated carbocycles. The first-order valence-electron chi connectivity index (χ1n) is 5.29. The lowest BCUT2D eigenvalue weighted by atomic mass is 10.3. The van der Waals surface area contributed by atoms with E-state index in [4.69, 9.17) is 10.4 Å². The zero-order valence-electron chi connectivity index (χ0n) is 9.86. The molecule has 0 aromatic carbocycles. The molecule has 0 saturated heterocycles. The number of rotatable bonds is 5. The highest BCUT2D eigenvalue weighted by Crippen LogP contribution is 2.09. The van der Waals surface area contributed by atoms with Crippen LogP contribution in [0.4, 0.5) is 0 Å². The van der Waals surface area contributed by atoms with Crippen molar-refractivity contribution in [3.05, 3.63) is 17.5 Å². The zero-order valence-corrected chi connectivity index (χ0v) is 9.86. The summed E-state index contributed by atoms with van der Waals surface area (Å²) in [6.07, 6.45) is 0. The molecule has 1 aromatic rings. The van der Waals surface area contributed by atoms with Crippen molar-refractivity contribution in [2.45, 2.75) is 33.4 Å². The number of hydrazine groups is 1. The van der Waals surface area contributed by atoms with E-state index in [0.717, 1.165) is 6.54 Å². The fourth-order valence-electron chi connectivity index (χ4n) is 1.43. The van der Waals surface area contributed by atoms with Crippen LogP contribution < -0.4 is 11.3 Å². The zero-order chi connectivity index (χ0) is 12.1. The largest absolute Gasteiger partial charge is 0.359 e. The van der Waals surface area contributed by atoms with Crippen molar-refractivity contribution in [1.82, 2.24) is 15.5 Å². The first-order chi connectivity index (χ1) is 7.58. The summed E-state index contributed by atoms with van der Waals surface area (Å²) in [6, 6.07) is 2.02. The van der Waals surface area contributed by atoms with Crippen LogP contribution >= 0.6 is 0 Å². The van der Waals surface area contributed by atoms with E-state index in [-0.39, 0.29) is 5.69 Å². The standard InChI is InChI=1S/C10H18N4O2/c1-4-14(7(2)3)6-8-5-9(13-16-8)10(15)12-11/h5,7H,4,6,11H2,1-3H3,(H,12,15). The van der Waals surface area contributed by atoms with Crippen LogP contribution in [0.2, 0.25) is 0 Å². The molecule has 3 N–H and O–H groups in total. The Morgan fingerprint density at radius 1 is 1.69 bits per heavy atom. The lowest BCUT2D eigenvalue weighted by Crippen LogP contribution is -2.30. The number of hydrogen-bond acceptors (Lipinski definition) is 5. The summed E-state index contributed by atoms with van der Waals surface area (Å²) in [5.74, 6) is 5.22. The van der Waals surface area contributed by atoms with Crippen molar-refractivity contribution >= 4 is 5.91 Å². The first kappa shape index (κ1) is 12.7. The van der Waals surface area contributed by atoms with Crippen LogP contribution in [0.1, 0.15) is 37.0 Å². The van der Waals surface area contributed by atoms with Gasteiger partial charge in [-0.15, -0.1) is 0 Å². The number of nitrogens with zero attached hydrogens (tertiary/aromatic N) is 2. The summed E-state index contributed by atoms with van der Waals surface area (Å²) < 4.78 is 5.06. The number of carbonyl (C=O) groups excluding carboxylic acids is 1. The predicted molar refractivity (Wildman–Crippen MR) is 59.4 cm³/mol. The highest BCUT2D eigenvalue weighted by molar-refractivity contribution is 5.91. The number of aromatic nitrogens is 1. The second kappa shape index (κ2) is 5.62. The molecule has 6 heteroatoms. The Hall–Kier alpha value is -1.40. The normalized spacial score (nSPS) is 11.1. The molecule has 0 aliphatic heterocycles. The number of nitrogen functional groups attached to an aromatic ring is 1. The summed E-state index contributed by atoms with van der Waals surface area (Å²) in [6.45, 7) is 7.83. The summed E-state index contributed by atoms with van der Waals surface area (Å²) in [7, 11) is 0. The van der Waals surface area contributed by atoms with Gasteiger partial charge in [-0.2, -0.15) is 0 Å². The third kappa shape index (κ3) is 3.04. The first-order valence-corrected chi connectivity index (χ1v) is 5.29. The van der Waals surface area contributed by atoms with E-state index >= 15 is 0 Å². The molecule has 1 amide bonds. The van der Waals surface area contributed by atoms with Gasteiger partial charge in [-0.25, -0.2) is 5.84 Å².